The maximum Gasteiger partial charge on any atom is 0.251 e. The highest BCUT2D eigenvalue weighted by atomic mass is 32.1. The molecule has 1 unspecified atom stereocenters. The van der Waals surface area contributed by atoms with Crippen LogP contribution in [-0.4, -0.2) is 30.4 Å². The maximum absolute atomic E-state index is 12.6. The number of carbonyl (C=O) groups is 1. The lowest BCUT2D eigenvalue weighted by atomic mass is 9.97. The van der Waals surface area contributed by atoms with Gasteiger partial charge in [0.2, 0.25) is 0 Å². The molecular weight excluding hydrogens is 392 g/mol. The van der Waals surface area contributed by atoms with Gasteiger partial charge in [0.25, 0.3) is 5.91 Å². The van der Waals surface area contributed by atoms with E-state index in [-0.39, 0.29) is 5.91 Å². The van der Waals surface area contributed by atoms with Crippen molar-refractivity contribution in [3.8, 4) is 5.75 Å². The molecule has 2 aromatic carbocycles. The van der Waals surface area contributed by atoms with Crippen LogP contribution in [0, 0.1) is 5.92 Å². The number of benzene rings is 2. The van der Waals surface area contributed by atoms with Crippen molar-refractivity contribution >= 4 is 17.2 Å². The molecule has 1 saturated heterocycles. The molecule has 0 saturated carbocycles. The maximum atomic E-state index is 12.6. The highest BCUT2D eigenvalue weighted by Gasteiger charge is 2.21. The van der Waals surface area contributed by atoms with Crippen molar-refractivity contribution in [2.24, 2.45) is 5.92 Å². The molecule has 0 bridgehead atoms. The van der Waals surface area contributed by atoms with Gasteiger partial charge >= 0.3 is 0 Å². The summed E-state index contributed by atoms with van der Waals surface area (Å²) < 4.78 is 5.76. The van der Waals surface area contributed by atoms with Crippen molar-refractivity contribution in [1.82, 2.24) is 10.2 Å². The summed E-state index contributed by atoms with van der Waals surface area (Å²) in [7, 11) is 0. The van der Waals surface area contributed by atoms with Gasteiger partial charge in [-0.2, -0.15) is 0 Å². The smallest absolute Gasteiger partial charge is 0.251 e. The number of piperidine rings is 1. The molecule has 4 nitrogen and oxygen atoms in total. The molecule has 4 rings (SSSR count). The summed E-state index contributed by atoms with van der Waals surface area (Å²) in [6, 6.07) is 21.7. The van der Waals surface area contributed by atoms with E-state index in [4.69, 9.17) is 4.74 Å². The zero-order valence-electron chi connectivity index (χ0n) is 17.1. The summed E-state index contributed by atoms with van der Waals surface area (Å²) >= 11 is 1.82. The molecule has 1 fully saturated rings. The number of hydrogen-bond acceptors (Lipinski definition) is 4. The Morgan fingerprint density at radius 3 is 2.67 bits per heavy atom. The summed E-state index contributed by atoms with van der Waals surface area (Å²) in [6.07, 6.45) is 2.37. The number of ether oxygens (including phenoxy) is 1. The molecule has 2 heterocycles. The van der Waals surface area contributed by atoms with E-state index in [1.54, 1.807) is 0 Å². The number of likely N-dealkylation sites (tertiary alicyclic amines) is 1. The fraction of sp³-hybridized carbons (Fsp3) is 0.320. The number of rotatable bonds is 8. The monoisotopic (exact) mass is 420 g/mol. The van der Waals surface area contributed by atoms with Gasteiger partial charge in [0, 0.05) is 30.1 Å². The second-order valence-electron chi connectivity index (χ2n) is 7.83. The van der Waals surface area contributed by atoms with Crippen molar-refractivity contribution in [3.05, 3.63) is 88.1 Å². The quantitative estimate of drug-likeness (QED) is 0.559. The van der Waals surface area contributed by atoms with E-state index in [0.29, 0.717) is 18.1 Å². The molecule has 0 aliphatic carbocycles. The molecule has 1 aromatic heterocycles. The lowest BCUT2D eigenvalue weighted by Gasteiger charge is -2.32. The van der Waals surface area contributed by atoms with Gasteiger partial charge in [0.15, 0.2) is 0 Å². The third kappa shape index (κ3) is 5.94. The Bertz CT molecular complexity index is 910. The molecule has 5 heteroatoms. The number of thiophene rings is 1. The van der Waals surface area contributed by atoms with Crippen molar-refractivity contribution in [3.63, 3.8) is 0 Å². The molecule has 1 aliphatic rings. The average molecular weight is 421 g/mol. The van der Waals surface area contributed by atoms with E-state index in [1.165, 1.54) is 17.7 Å². The fourth-order valence-corrected chi connectivity index (χ4v) is 4.61. The van der Waals surface area contributed by atoms with E-state index >= 15 is 0 Å². The van der Waals surface area contributed by atoms with E-state index in [0.717, 1.165) is 37.5 Å². The zero-order chi connectivity index (χ0) is 20.6. The van der Waals surface area contributed by atoms with Gasteiger partial charge in [-0.3, -0.25) is 9.69 Å². The van der Waals surface area contributed by atoms with Crippen LogP contribution in [-0.2, 0) is 13.2 Å². The summed E-state index contributed by atoms with van der Waals surface area (Å²) in [6.45, 7) is 4.45. The standard InChI is InChI=1S/C25H28N2O2S/c28-25(22-12-10-20(11-13-22)19-29-23-7-2-1-3-8-23)26-16-21-6-4-14-27(17-21)18-24-9-5-15-30-24/h1-3,5,7-13,15,21H,4,6,14,16-19H2,(H,26,28). The first kappa shape index (κ1) is 20.6. The Morgan fingerprint density at radius 1 is 1.07 bits per heavy atom. The number of amides is 1. The second-order valence-corrected chi connectivity index (χ2v) is 8.86. The predicted molar refractivity (Wildman–Crippen MR) is 122 cm³/mol. The third-order valence-corrected chi connectivity index (χ3v) is 6.34. The van der Waals surface area contributed by atoms with Crippen LogP contribution in [0.25, 0.3) is 0 Å². The molecule has 1 N–H and O–H groups in total. The molecular formula is C25H28N2O2S. The van der Waals surface area contributed by atoms with Crippen LogP contribution in [0.2, 0.25) is 0 Å². The Morgan fingerprint density at radius 2 is 1.90 bits per heavy atom. The first-order valence-electron chi connectivity index (χ1n) is 10.6. The average Bonchev–Trinajstić information content (AvgIpc) is 3.30. The lowest BCUT2D eigenvalue weighted by Crippen LogP contribution is -2.40. The van der Waals surface area contributed by atoms with Crippen LogP contribution in [0.5, 0.6) is 5.75 Å². The van der Waals surface area contributed by atoms with Gasteiger partial charge in [-0.25, -0.2) is 0 Å². The molecule has 1 amide bonds. The summed E-state index contributed by atoms with van der Waals surface area (Å²) in [5.74, 6) is 1.36. The second kappa shape index (κ2) is 10.4. The number of hydrogen-bond donors (Lipinski definition) is 1. The number of nitrogens with one attached hydrogen (secondary N) is 1. The fourth-order valence-electron chi connectivity index (χ4n) is 3.86. The van der Waals surface area contributed by atoms with Gasteiger partial charge in [0.05, 0.1) is 0 Å². The Kier molecular flexibility index (Phi) is 7.16. The Hall–Kier alpha value is -2.63. The van der Waals surface area contributed by atoms with Gasteiger partial charge in [-0.05, 0) is 66.6 Å². The third-order valence-electron chi connectivity index (χ3n) is 5.48. The number of carbonyl (C=O) groups excluding carboxylic acids is 1. The van der Waals surface area contributed by atoms with Crippen molar-refractivity contribution in [2.45, 2.75) is 26.0 Å². The van der Waals surface area contributed by atoms with Gasteiger partial charge in [-0.1, -0.05) is 36.4 Å². The summed E-state index contributed by atoms with van der Waals surface area (Å²) in [5, 5.41) is 5.27. The first-order chi connectivity index (χ1) is 14.8. The largest absolute Gasteiger partial charge is 0.489 e. The first-order valence-corrected chi connectivity index (χ1v) is 11.4. The molecule has 0 radical (unpaired) electrons. The lowest BCUT2D eigenvalue weighted by molar-refractivity contribution is 0.0931. The Balaban J connectivity index is 1.22. The number of para-hydroxylation sites is 1. The highest BCUT2D eigenvalue weighted by Crippen LogP contribution is 2.20. The SMILES string of the molecule is O=C(NCC1CCCN(Cc2cccs2)C1)c1ccc(COc2ccccc2)cc1. The zero-order valence-corrected chi connectivity index (χ0v) is 17.9. The van der Waals surface area contributed by atoms with Crippen molar-refractivity contribution < 1.29 is 9.53 Å². The molecule has 3 aromatic rings. The van der Waals surface area contributed by atoms with Gasteiger partial charge in [-0.15, -0.1) is 11.3 Å². The van der Waals surface area contributed by atoms with Crippen LogP contribution in [0.3, 0.4) is 0 Å². The normalized spacial score (nSPS) is 16.9. The molecule has 0 spiro atoms. The Labute approximate surface area is 182 Å². The summed E-state index contributed by atoms with van der Waals surface area (Å²) in [4.78, 5) is 16.5. The minimum absolute atomic E-state index is 0.000841. The highest BCUT2D eigenvalue weighted by molar-refractivity contribution is 7.09. The minimum Gasteiger partial charge on any atom is -0.489 e. The van der Waals surface area contributed by atoms with E-state index in [2.05, 4.69) is 27.7 Å². The topological polar surface area (TPSA) is 41.6 Å². The summed E-state index contributed by atoms with van der Waals surface area (Å²) in [5.41, 5.74) is 1.75. The van der Waals surface area contributed by atoms with E-state index in [1.807, 2.05) is 65.9 Å². The van der Waals surface area contributed by atoms with Crippen molar-refractivity contribution in [2.75, 3.05) is 19.6 Å². The molecule has 1 aliphatic heterocycles. The van der Waals surface area contributed by atoms with Crippen LogP contribution >= 0.6 is 11.3 Å². The van der Waals surface area contributed by atoms with E-state index in [9.17, 15) is 4.79 Å². The molecule has 1 atom stereocenters. The van der Waals surface area contributed by atoms with Crippen LogP contribution in [0.15, 0.2) is 72.1 Å². The van der Waals surface area contributed by atoms with E-state index < -0.39 is 0 Å². The van der Waals surface area contributed by atoms with Crippen LogP contribution < -0.4 is 10.1 Å². The van der Waals surface area contributed by atoms with Crippen LogP contribution in [0.1, 0.15) is 33.6 Å². The van der Waals surface area contributed by atoms with Gasteiger partial charge < -0.3 is 10.1 Å². The van der Waals surface area contributed by atoms with Crippen molar-refractivity contribution in [1.29, 1.82) is 0 Å². The molecule has 30 heavy (non-hydrogen) atoms. The predicted octanol–water partition coefficient (Wildman–Crippen LogP) is 4.97. The van der Waals surface area contributed by atoms with Crippen LogP contribution in [0.4, 0.5) is 0 Å². The minimum atomic E-state index is 0.000841. The molecule has 156 valence electrons. The van der Waals surface area contributed by atoms with Gasteiger partial charge in [0.1, 0.15) is 12.4 Å². The number of nitrogens with zero attached hydrogens (tertiary/aromatic N) is 1.